The maximum atomic E-state index is 12.0. The van der Waals surface area contributed by atoms with Gasteiger partial charge in [0.15, 0.2) is 0 Å². The summed E-state index contributed by atoms with van der Waals surface area (Å²) in [5, 5.41) is 14.8. The number of rotatable bonds is 6. The lowest BCUT2D eigenvalue weighted by atomic mass is 10.1. The van der Waals surface area contributed by atoms with Crippen LogP contribution in [0.5, 0.6) is 5.75 Å². The Morgan fingerprint density at radius 1 is 1.18 bits per heavy atom. The molecule has 0 aliphatic heterocycles. The Kier molecular flexibility index (Phi) is 5.50. The van der Waals surface area contributed by atoms with Gasteiger partial charge in [-0.05, 0) is 37.3 Å². The van der Waals surface area contributed by atoms with Crippen molar-refractivity contribution in [2.24, 2.45) is 5.10 Å². The molecule has 0 bridgehead atoms. The molecule has 8 heteroatoms. The van der Waals surface area contributed by atoms with Crippen molar-refractivity contribution in [2.75, 3.05) is 7.11 Å². The van der Waals surface area contributed by atoms with Crippen molar-refractivity contribution in [3.05, 3.63) is 81.6 Å². The van der Waals surface area contributed by atoms with Crippen molar-refractivity contribution in [1.82, 2.24) is 5.43 Å². The summed E-state index contributed by atoms with van der Waals surface area (Å²) in [6, 6.07) is 14.7. The quantitative estimate of drug-likeness (QED) is 0.397. The minimum Gasteiger partial charge on any atom is -0.496 e. The normalized spacial score (nSPS) is 10.8. The second kappa shape index (κ2) is 8.17. The van der Waals surface area contributed by atoms with Gasteiger partial charge in [-0.3, -0.25) is 14.9 Å². The van der Waals surface area contributed by atoms with Gasteiger partial charge in [0.1, 0.15) is 17.3 Å². The van der Waals surface area contributed by atoms with Crippen LogP contribution < -0.4 is 10.2 Å². The largest absolute Gasteiger partial charge is 0.496 e. The summed E-state index contributed by atoms with van der Waals surface area (Å²) in [5.74, 6) is 0.845. The van der Waals surface area contributed by atoms with Crippen molar-refractivity contribution in [1.29, 1.82) is 0 Å². The molecule has 1 heterocycles. The number of aryl methyl sites for hydroxylation is 1. The third-order valence-corrected chi connectivity index (χ3v) is 3.96. The maximum absolute atomic E-state index is 12.0. The summed E-state index contributed by atoms with van der Waals surface area (Å²) in [4.78, 5) is 22.4. The Balaban J connectivity index is 1.72. The molecule has 0 aliphatic rings. The van der Waals surface area contributed by atoms with Gasteiger partial charge in [0.2, 0.25) is 0 Å². The molecule has 0 spiro atoms. The molecule has 28 heavy (non-hydrogen) atoms. The number of nitrogens with one attached hydrogen (secondary N) is 1. The van der Waals surface area contributed by atoms with Crippen LogP contribution in [0.2, 0.25) is 0 Å². The van der Waals surface area contributed by atoms with Crippen LogP contribution in [0.15, 0.2) is 64.1 Å². The molecule has 2 aromatic carbocycles. The van der Waals surface area contributed by atoms with E-state index in [2.05, 4.69) is 10.5 Å². The summed E-state index contributed by atoms with van der Waals surface area (Å²) in [5.41, 5.74) is 4.48. The zero-order valence-electron chi connectivity index (χ0n) is 15.2. The minimum absolute atomic E-state index is 0.0761. The molecule has 8 nitrogen and oxygen atoms in total. The van der Waals surface area contributed by atoms with Crippen molar-refractivity contribution >= 4 is 17.8 Å². The first-order valence-electron chi connectivity index (χ1n) is 8.30. The first kappa shape index (κ1) is 18.8. The number of hydrazone groups is 1. The van der Waals surface area contributed by atoms with Crippen LogP contribution in [0.25, 0.3) is 11.3 Å². The van der Waals surface area contributed by atoms with E-state index in [0.717, 1.165) is 5.56 Å². The molecule has 142 valence electrons. The summed E-state index contributed by atoms with van der Waals surface area (Å²) < 4.78 is 10.9. The predicted molar refractivity (Wildman–Crippen MR) is 104 cm³/mol. The van der Waals surface area contributed by atoms with E-state index in [-0.39, 0.29) is 11.6 Å². The topological polar surface area (TPSA) is 107 Å². The first-order valence-corrected chi connectivity index (χ1v) is 8.30. The number of carbonyl (C=O) groups excluding carboxylic acids is 1. The molecular formula is C20H17N3O5. The number of furan rings is 1. The van der Waals surface area contributed by atoms with E-state index in [1.165, 1.54) is 25.5 Å². The van der Waals surface area contributed by atoms with Crippen LogP contribution >= 0.6 is 0 Å². The van der Waals surface area contributed by atoms with Crippen LogP contribution in [-0.4, -0.2) is 24.2 Å². The number of carbonyl (C=O) groups is 1. The van der Waals surface area contributed by atoms with E-state index in [9.17, 15) is 14.9 Å². The summed E-state index contributed by atoms with van der Waals surface area (Å²) in [7, 11) is 1.43. The Morgan fingerprint density at radius 3 is 2.61 bits per heavy atom. The molecule has 0 fully saturated rings. The van der Waals surface area contributed by atoms with Crippen LogP contribution in [-0.2, 0) is 0 Å². The third kappa shape index (κ3) is 4.24. The summed E-state index contributed by atoms with van der Waals surface area (Å²) in [6.45, 7) is 1.94. The lowest BCUT2D eigenvalue weighted by Gasteiger charge is -2.05. The van der Waals surface area contributed by atoms with Crippen LogP contribution in [0, 0.1) is 17.0 Å². The number of hydrogen-bond donors (Lipinski definition) is 1. The van der Waals surface area contributed by atoms with Crippen LogP contribution in [0.1, 0.15) is 21.7 Å². The van der Waals surface area contributed by atoms with Gasteiger partial charge in [-0.15, -0.1) is 0 Å². The average Bonchev–Trinajstić information content (AvgIpc) is 3.16. The minimum atomic E-state index is -0.497. The highest BCUT2D eigenvalue weighted by molar-refractivity contribution is 5.94. The summed E-state index contributed by atoms with van der Waals surface area (Å²) in [6.07, 6.45) is 1.37. The fraction of sp³-hybridized carbons (Fsp3) is 0.100. The molecule has 1 N–H and O–H groups in total. The van der Waals surface area contributed by atoms with Gasteiger partial charge in [-0.2, -0.15) is 5.10 Å². The number of nitro benzene ring substituents is 1. The molecular weight excluding hydrogens is 362 g/mol. The number of ether oxygens (including phenoxy) is 1. The predicted octanol–water partition coefficient (Wildman–Crippen LogP) is 3.94. The van der Waals surface area contributed by atoms with Gasteiger partial charge < -0.3 is 9.15 Å². The number of benzene rings is 2. The number of nitro groups is 1. The molecule has 3 rings (SSSR count). The van der Waals surface area contributed by atoms with E-state index >= 15 is 0 Å². The highest BCUT2D eigenvalue weighted by atomic mass is 16.6. The number of hydrogen-bond acceptors (Lipinski definition) is 6. The highest BCUT2D eigenvalue weighted by Crippen LogP contribution is 2.33. The second-order valence-corrected chi connectivity index (χ2v) is 5.91. The Labute approximate surface area is 160 Å². The standard InChI is InChI=1S/C20H17N3O5/c1-13-3-5-14(6-4-13)20(24)22-21-12-16-8-10-18(28-16)17-9-7-15(23(25)26)11-19(17)27-2/h3-12H,1-2H3,(H,22,24)/b21-12-. The van der Waals surface area contributed by atoms with Gasteiger partial charge in [0.05, 0.1) is 29.9 Å². The Bertz CT molecular complexity index is 1040. The molecule has 0 saturated carbocycles. The van der Waals surface area contributed by atoms with Crippen LogP contribution in [0.3, 0.4) is 0 Å². The monoisotopic (exact) mass is 379 g/mol. The fourth-order valence-corrected chi connectivity index (χ4v) is 2.49. The smallest absolute Gasteiger partial charge is 0.273 e. The van der Waals surface area contributed by atoms with Crippen LogP contribution in [0.4, 0.5) is 5.69 Å². The zero-order chi connectivity index (χ0) is 20.1. The molecule has 0 saturated heterocycles. The average molecular weight is 379 g/mol. The van der Waals surface area contributed by atoms with Gasteiger partial charge in [-0.25, -0.2) is 5.43 Å². The number of methoxy groups -OCH3 is 1. The van der Waals surface area contributed by atoms with Crippen molar-refractivity contribution in [2.45, 2.75) is 6.92 Å². The fourth-order valence-electron chi connectivity index (χ4n) is 2.49. The Morgan fingerprint density at radius 2 is 1.93 bits per heavy atom. The first-order chi connectivity index (χ1) is 13.5. The van der Waals surface area contributed by atoms with Gasteiger partial charge >= 0.3 is 0 Å². The molecule has 1 amide bonds. The highest BCUT2D eigenvalue weighted by Gasteiger charge is 2.15. The van der Waals surface area contributed by atoms with E-state index in [4.69, 9.17) is 9.15 Å². The van der Waals surface area contributed by atoms with E-state index in [1.54, 1.807) is 30.3 Å². The van der Waals surface area contributed by atoms with Gasteiger partial charge in [0.25, 0.3) is 11.6 Å². The summed E-state index contributed by atoms with van der Waals surface area (Å²) >= 11 is 0. The zero-order valence-corrected chi connectivity index (χ0v) is 15.2. The third-order valence-electron chi connectivity index (χ3n) is 3.96. The molecule has 1 aromatic heterocycles. The number of non-ortho nitro benzene ring substituents is 1. The number of amides is 1. The lowest BCUT2D eigenvalue weighted by Crippen LogP contribution is -2.17. The van der Waals surface area contributed by atoms with Crippen molar-refractivity contribution in [3.8, 4) is 17.1 Å². The maximum Gasteiger partial charge on any atom is 0.273 e. The number of nitrogens with zero attached hydrogens (tertiary/aromatic N) is 2. The Hall–Kier alpha value is -3.94. The molecule has 0 aliphatic carbocycles. The molecule has 3 aromatic rings. The molecule has 0 atom stereocenters. The SMILES string of the molecule is COc1cc([N+](=O)[O-])ccc1-c1ccc(/C=N\NC(=O)c2ccc(C)cc2)o1. The van der Waals surface area contributed by atoms with Crippen molar-refractivity contribution in [3.63, 3.8) is 0 Å². The van der Waals surface area contributed by atoms with E-state index in [0.29, 0.717) is 28.4 Å². The van der Waals surface area contributed by atoms with Gasteiger partial charge in [0, 0.05) is 11.6 Å². The lowest BCUT2D eigenvalue weighted by molar-refractivity contribution is -0.384. The van der Waals surface area contributed by atoms with E-state index < -0.39 is 4.92 Å². The second-order valence-electron chi connectivity index (χ2n) is 5.91. The van der Waals surface area contributed by atoms with E-state index in [1.807, 2.05) is 19.1 Å². The van der Waals surface area contributed by atoms with Crippen molar-refractivity contribution < 1.29 is 18.9 Å². The van der Waals surface area contributed by atoms with Gasteiger partial charge in [-0.1, -0.05) is 17.7 Å². The molecule has 0 unspecified atom stereocenters. The molecule has 0 radical (unpaired) electrons.